The molecule has 9 nitrogen and oxygen atoms in total. The minimum atomic E-state index is 0.133. The number of hydrogen-bond acceptors (Lipinski definition) is 8. The van der Waals surface area contributed by atoms with Crippen molar-refractivity contribution in [2.75, 3.05) is 31.1 Å². The molecule has 1 aliphatic carbocycles. The molecule has 1 saturated heterocycles. The molecule has 0 N–H and O–H groups in total. The van der Waals surface area contributed by atoms with Crippen LogP contribution >= 0.6 is 0 Å². The molecule has 0 radical (unpaired) electrons. The number of rotatable bonds is 4. The summed E-state index contributed by atoms with van der Waals surface area (Å²) in [5, 5.41) is 17.3. The lowest BCUT2D eigenvalue weighted by Gasteiger charge is -2.37. The molecule has 136 valence electrons. The molecule has 3 aromatic rings. The summed E-state index contributed by atoms with van der Waals surface area (Å²) in [7, 11) is 0. The average molecular weight is 354 g/mol. The molecule has 2 aliphatic rings. The maximum atomic E-state index is 5.33. The summed E-state index contributed by atoms with van der Waals surface area (Å²) < 4.78 is 7.25. The van der Waals surface area contributed by atoms with Gasteiger partial charge in [0.15, 0.2) is 17.3 Å². The van der Waals surface area contributed by atoms with Crippen LogP contribution in [0.3, 0.4) is 0 Å². The van der Waals surface area contributed by atoms with E-state index in [0.717, 1.165) is 43.5 Å². The highest BCUT2D eigenvalue weighted by atomic mass is 16.5. The van der Waals surface area contributed by atoms with Gasteiger partial charge in [0.05, 0.1) is 6.04 Å². The summed E-state index contributed by atoms with van der Waals surface area (Å²) in [6.45, 7) is 7.65. The van der Waals surface area contributed by atoms with Crippen molar-refractivity contribution in [1.82, 2.24) is 34.9 Å². The molecule has 5 rings (SSSR count). The van der Waals surface area contributed by atoms with E-state index in [9.17, 15) is 0 Å². The summed E-state index contributed by atoms with van der Waals surface area (Å²) >= 11 is 0. The van der Waals surface area contributed by atoms with Gasteiger partial charge in [-0.1, -0.05) is 5.16 Å². The maximum absolute atomic E-state index is 5.33. The fourth-order valence-corrected chi connectivity index (χ4v) is 3.54. The van der Waals surface area contributed by atoms with E-state index in [2.05, 4.69) is 37.1 Å². The molecule has 0 amide bonds. The molecule has 0 spiro atoms. The number of nitrogens with zero attached hydrogens (tertiary/aromatic N) is 8. The molecule has 26 heavy (non-hydrogen) atoms. The second-order valence-corrected chi connectivity index (χ2v) is 7.17. The average Bonchev–Trinajstić information content (AvgIpc) is 3.28. The van der Waals surface area contributed by atoms with Crippen molar-refractivity contribution in [3.05, 3.63) is 29.7 Å². The molecule has 1 unspecified atom stereocenters. The van der Waals surface area contributed by atoms with Gasteiger partial charge in [0, 0.05) is 32.1 Å². The van der Waals surface area contributed by atoms with Crippen molar-refractivity contribution >= 4 is 11.5 Å². The molecule has 1 saturated carbocycles. The van der Waals surface area contributed by atoms with Gasteiger partial charge in [-0.15, -0.1) is 15.3 Å². The van der Waals surface area contributed by atoms with Crippen molar-refractivity contribution in [3.8, 4) is 0 Å². The number of piperazine rings is 1. The third kappa shape index (κ3) is 2.72. The first-order valence-electron chi connectivity index (χ1n) is 9.20. The Balaban J connectivity index is 1.30. The summed E-state index contributed by atoms with van der Waals surface area (Å²) in [5.41, 5.74) is 0.828. The van der Waals surface area contributed by atoms with Crippen LogP contribution in [0.25, 0.3) is 5.65 Å². The van der Waals surface area contributed by atoms with Gasteiger partial charge in [0.2, 0.25) is 5.89 Å². The quantitative estimate of drug-likeness (QED) is 0.698. The second-order valence-electron chi connectivity index (χ2n) is 7.17. The molecule has 3 aromatic heterocycles. The molecule has 0 aromatic carbocycles. The van der Waals surface area contributed by atoms with E-state index < -0.39 is 0 Å². The predicted molar refractivity (Wildman–Crippen MR) is 94.0 cm³/mol. The lowest BCUT2D eigenvalue weighted by molar-refractivity contribution is 0.164. The largest absolute Gasteiger partial charge is 0.353 e. The molecule has 1 aliphatic heterocycles. The van der Waals surface area contributed by atoms with Gasteiger partial charge in [-0.05, 0) is 38.8 Å². The minimum absolute atomic E-state index is 0.133. The van der Waals surface area contributed by atoms with Crippen molar-refractivity contribution in [2.24, 2.45) is 0 Å². The highest BCUT2D eigenvalue weighted by Crippen LogP contribution is 2.38. The molecule has 4 heterocycles. The van der Waals surface area contributed by atoms with E-state index in [1.165, 1.54) is 12.8 Å². The molecule has 0 bridgehead atoms. The van der Waals surface area contributed by atoms with E-state index in [1.54, 1.807) is 0 Å². The SMILES string of the molecule is Cc1noc(C(C)N2CCN(c3ccc4nnc(C5CC5)n4n3)CC2)n1. The lowest BCUT2D eigenvalue weighted by atomic mass is 10.2. The van der Waals surface area contributed by atoms with Crippen LogP contribution in [0.5, 0.6) is 0 Å². The topological polar surface area (TPSA) is 88.5 Å². The Kier molecular flexibility index (Phi) is 3.63. The van der Waals surface area contributed by atoms with Crippen LogP contribution in [-0.4, -0.2) is 61.0 Å². The number of anilines is 1. The van der Waals surface area contributed by atoms with E-state index >= 15 is 0 Å². The van der Waals surface area contributed by atoms with Crippen molar-refractivity contribution < 1.29 is 4.52 Å². The highest BCUT2D eigenvalue weighted by Gasteiger charge is 2.30. The monoisotopic (exact) mass is 354 g/mol. The first-order chi connectivity index (χ1) is 12.7. The van der Waals surface area contributed by atoms with Crippen LogP contribution in [0.15, 0.2) is 16.7 Å². The van der Waals surface area contributed by atoms with Gasteiger partial charge in [-0.2, -0.15) is 9.50 Å². The highest BCUT2D eigenvalue weighted by molar-refractivity contribution is 5.46. The summed E-state index contributed by atoms with van der Waals surface area (Å²) in [4.78, 5) is 9.05. The normalized spacial score (nSPS) is 20.0. The van der Waals surface area contributed by atoms with Gasteiger partial charge in [-0.3, -0.25) is 4.90 Å². The first-order valence-corrected chi connectivity index (χ1v) is 9.20. The van der Waals surface area contributed by atoms with E-state index in [4.69, 9.17) is 9.62 Å². The fourth-order valence-electron chi connectivity index (χ4n) is 3.54. The Bertz CT molecular complexity index is 922. The zero-order valence-electron chi connectivity index (χ0n) is 15.0. The van der Waals surface area contributed by atoms with Crippen molar-refractivity contribution in [3.63, 3.8) is 0 Å². The molecular formula is C17H22N8O. The van der Waals surface area contributed by atoms with E-state index in [0.29, 0.717) is 17.6 Å². The maximum Gasteiger partial charge on any atom is 0.243 e. The fraction of sp³-hybridized carbons (Fsp3) is 0.588. The second kappa shape index (κ2) is 6.01. The number of hydrogen-bond donors (Lipinski definition) is 0. The van der Waals surface area contributed by atoms with Crippen LogP contribution < -0.4 is 4.90 Å². The first kappa shape index (κ1) is 15.7. The molecule has 1 atom stereocenters. The van der Waals surface area contributed by atoms with Gasteiger partial charge in [-0.25, -0.2) is 0 Å². The summed E-state index contributed by atoms with van der Waals surface area (Å²) in [5.74, 6) is 3.89. The van der Waals surface area contributed by atoms with Crippen LogP contribution in [-0.2, 0) is 0 Å². The number of fused-ring (bicyclic) bond motifs is 1. The summed E-state index contributed by atoms with van der Waals surface area (Å²) in [6, 6.07) is 4.19. The zero-order chi connectivity index (χ0) is 17.7. The van der Waals surface area contributed by atoms with Crippen LogP contribution in [0, 0.1) is 6.92 Å². The Morgan fingerprint density at radius 3 is 2.62 bits per heavy atom. The minimum Gasteiger partial charge on any atom is -0.353 e. The third-order valence-electron chi connectivity index (χ3n) is 5.30. The van der Waals surface area contributed by atoms with Gasteiger partial charge < -0.3 is 9.42 Å². The Hall–Kier alpha value is -2.55. The molecule has 9 heteroatoms. The van der Waals surface area contributed by atoms with Crippen LogP contribution in [0.4, 0.5) is 5.82 Å². The Morgan fingerprint density at radius 2 is 1.92 bits per heavy atom. The number of aromatic nitrogens is 6. The lowest BCUT2D eigenvalue weighted by Crippen LogP contribution is -2.47. The number of aryl methyl sites for hydroxylation is 1. The smallest absolute Gasteiger partial charge is 0.243 e. The summed E-state index contributed by atoms with van der Waals surface area (Å²) in [6.07, 6.45) is 2.39. The Labute approximate surface area is 151 Å². The predicted octanol–water partition coefficient (Wildman–Crippen LogP) is 1.58. The van der Waals surface area contributed by atoms with Gasteiger partial charge in [0.1, 0.15) is 5.82 Å². The van der Waals surface area contributed by atoms with Gasteiger partial charge in [0.25, 0.3) is 0 Å². The van der Waals surface area contributed by atoms with Crippen LogP contribution in [0.1, 0.15) is 49.3 Å². The van der Waals surface area contributed by atoms with Crippen molar-refractivity contribution in [2.45, 2.75) is 38.6 Å². The third-order valence-corrected chi connectivity index (χ3v) is 5.30. The van der Waals surface area contributed by atoms with Crippen molar-refractivity contribution in [1.29, 1.82) is 0 Å². The standard InChI is InChI=1S/C17H22N8O/c1-11(17-18-12(2)22-26-17)23-7-9-24(10-8-23)15-6-5-14-19-20-16(13-3-4-13)25(14)21-15/h5-6,11,13H,3-4,7-10H2,1-2H3. The van der Waals surface area contributed by atoms with E-state index in [-0.39, 0.29) is 6.04 Å². The molecular weight excluding hydrogens is 332 g/mol. The van der Waals surface area contributed by atoms with Gasteiger partial charge >= 0.3 is 0 Å². The Morgan fingerprint density at radius 1 is 1.12 bits per heavy atom. The van der Waals surface area contributed by atoms with Crippen LogP contribution in [0.2, 0.25) is 0 Å². The molecule has 2 fully saturated rings. The van der Waals surface area contributed by atoms with E-state index in [1.807, 2.05) is 23.6 Å². The zero-order valence-corrected chi connectivity index (χ0v) is 15.0.